The summed E-state index contributed by atoms with van der Waals surface area (Å²) in [6, 6.07) is 0. The lowest BCUT2D eigenvalue weighted by atomic mass is 10.1. The average Bonchev–Trinajstić information content (AvgIpc) is 2.24. The fourth-order valence-corrected chi connectivity index (χ4v) is 1.79. The van der Waals surface area contributed by atoms with Crippen LogP contribution in [-0.2, 0) is 5.54 Å². The molecule has 1 heterocycles. The molecule has 78 valence electrons. The molecule has 0 atom stereocenters. The van der Waals surface area contributed by atoms with Crippen molar-refractivity contribution in [3.63, 3.8) is 0 Å². The summed E-state index contributed by atoms with van der Waals surface area (Å²) in [4.78, 5) is 14.1. The predicted molar refractivity (Wildman–Crippen MR) is 53.4 cm³/mol. The van der Waals surface area contributed by atoms with Crippen LogP contribution in [0.25, 0.3) is 0 Å². The van der Waals surface area contributed by atoms with Gasteiger partial charge < -0.3 is 14.7 Å². The first-order valence-corrected chi connectivity index (χ1v) is 4.46. The van der Waals surface area contributed by atoms with Crippen LogP contribution in [0, 0.1) is 24.0 Å². The molecule has 5 heteroatoms. The quantitative estimate of drug-likeness (QED) is 0.512. The third-order valence-electron chi connectivity index (χ3n) is 2.09. The van der Waals surface area contributed by atoms with E-state index in [-0.39, 0.29) is 11.4 Å². The second-order valence-corrected chi connectivity index (χ2v) is 4.33. The molecule has 0 aliphatic rings. The fraction of sp³-hybridized carbons (Fsp3) is 0.667. The summed E-state index contributed by atoms with van der Waals surface area (Å²) < 4.78 is 1.88. The summed E-state index contributed by atoms with van der Waals surface area (Å²) in [6.45, 7) is 9.50. The smallest absolute Gasteiger partial charge is 0.358 e. The van der Waals surface area contributed by atoms with E-state index in [1.165, 1.54) is 0 Å². The van der Waals surface area contributed by atoms with Gasteiger partial charge in [0.1, 0.15) is 5.69 Å². The van der Waals surface area contributed by atoms with Crippen molar-refractivity contribution in [2.75, 3.05) is 0 Å². The summed E-state index contributed by atoms with van der Waals surface area (Å²) in [7, 11) is 0. The lowest BCUT2D eigenvalue weighted by molar-refractivity contribution is -0.390. The number of nitrogens with zero attached hydrogens (tertiary/aromatic N) is 3. The highest BCUT2D eigenvalue weighted by Gasteiger charge is 2.27. The maximum Gasteiger partial charge on any atom is 0.384 e. The Balaban J connectivity index is 3.40. The van der Waals surface area contributed by atoms with Gasteiger partial charge in [-0.1, -0.05) is 0 Å². The molecule has 0 fully saturated rings. The molecule has 0 radical (unpaired) electrons. The summed E-state index contributed by atoms with van der Waals surface area (Å²) in [5.41, 5.74) is 0.440. The first-order valence-electron chi connectivity index (χ1n) is 4.46. The SMILES string of the molecule is Cc1nc([N+](=O)[O-])c(C)n1C(C)(C)C. The van der Waals surface area contributed by atoms with Gasteiger partial charge in [0.15, 0.2) is 0 Å². The number of aryl methyl sites for hydroxylation is 1. The molecule has 5 nitrogen and oxygen atoms in total. The topological polar surface area (TPSA) is 61.0 Å². The minimum atomic E-state index is -0.440. The van der Waals surface area contributed by atoms with Crippen LogP contribution in [0.5, 0.6) is 0 Å². The molecule has 0 N–H and O–H groups in total. The van der Waals surface area contributed by atoms with Crippen LogP contribution >= 0.6 is 0 Å². The fourth-order valence-electron chi connectivity index (χ4n) is 1.79. The highest BCUT2D eigenvalue weighted by Crippen LogP contribution is 2.25. The Kier molecular flexibility index (Phi) is 2.35. The van der Waals surface area contributed by atoms with Crippen LogP contribution in [-0.4, -0.2) is 14.5 Å². The zero-order chi connectivity index (χ0) is 11.1. The van der Waals surface area contributed by atoms with Crippen LogP contribution in [0.3, 0.4) is 0 Å². The maximum atomic E-state index is 10.6. The van der Waals surface area contributed by atoms with Gasteiger partial charge in [0.2, 0.25) is 5.82 Å². The number of nitro groups is 1. The molecular weight excluding hydrogens is 182 g/mol. The Bertz CT molecular complexity index is 374. The van der Waals surface area contributed by atoms with Crippen LogP contribution in [0.4, 0.5) is 5.82 Å². The van der Waals surface area contributed by atoms with Gasteiger partial charge in [-0.25, -0.2) is 0 Å². The first-order chi connectivity index (χ1) is 6.25. The van der Waals surface area contributed by atoms with E-state index < -0.39 is 4.92 Å². The highest BCUT2D eigenvalue weighted by atomic mass is 16.6. The highest BCUT2D eigenvalue weighted by molar-refractivity contribution is 5.29. The molecule has 0 aromatic carbocycles. The van der Waals surface area contributed by atoms with Crippen molar-refractivity contribution in [3.05, 3.63) is 21.6 Å². The second-order valence-electron chi connectivity index (χ2n) is 4.33. The summed E-state index contributed by atoms with van der Waals surface area (Å²) >= 11 is 0. The van der Waals surface area contributed by atoms with E-state index in [1.54, 1.807) is 13.8 Å². The van der Waals surface area contributed by atoms with Gasteiger partial charge in [-0.05, 0) is 37.6 Å². The van der Waals surface area contributed by atoms with Crippen molar-refractivity contribution in [2.24, 2.45) is 0 Å². The summed E-state index contributed by atoms with van der Waals surface area (Å²) in [5.74, 6) is 0.638. The molecule has 0 aliphatic carbocycles. The van der Waals surface area contributed by atoms with Gasteiger partial charge in [0.25, 0.3) is 0 Å². The molecule has 0 bridgehead atoms. The monoisotopic (exact) mass is 197 g/mol. The standard InChI is InChI=1S/C9H15N3O2/c1-6-8(12(13)14)10-7(2)11(6)9(3,4)5/h1-5H3. The van der Waals surface area contributed by atoms with Crippen molar-refractivity contribution in [1.82, 2.24) is 9.55 Å². The van der Waals surface area contributed by atoms with Gasteiger partial charge in [-0.3, -0.25) is 0 Å². The minimum Gasteiger partial charge on any atom is -0.358 e. The number of hydrogen-bond donors (Lipinski definition) is 0. The van der Waals surface area contributed by atoms with Crippen LogP contribution < -0.4 is 0 Å². The zero-order valence-electron chi connectivity index (χ0n) is 9.16. The molecule has 0 aliphatic heterocycles. The van der Waals surface area contributed by atoms with E-state index in [9.17, 15) is 10.1 Å². The summed E-state index contributed by atoms with van der Waals surface area (Å²) in [6.07, 6.45) is 0. The van der Waals surface area contributed by atoms with Crippen LogP contribution in [0.1, 0.15) is 32.3 Å². The third kappa shape index (κ3) is 1.62. The molecule has 0 spiro atoms. The van der Waals surface area contributed by atoms with Crippen molar-refractivity contribution >= 4 is 5.82 Å². The molecule has 1 aromatic heterocycles. The Labute approximate surface area is 82.9 Å². The number of rotatable bonds is 1. The molecule has 0 amide bonds. The molecule has 0 unspecified atom stereocenters. The summed E-state index contributed by atoms with van der Waals surface area (Å²) in [5, 5.41) is 10.6. The van der Waals surface area contributed by atoms with E-state index >= 15 is 0 Å². The Morgan fingerprint density at radius 2 is 1.86 bits per heavy atom. The normalized spacial score (nSPS) is 11.8. The van der Waals surface area contributed by atoms with Crippen molar-refractivity contribution < 1.29 is 4.92 Å². The largest absolute Gasteiger partial charge is 0.384 e. The Hall–Kier alpha value is -1.39. The minimum absolute atomic E-state index is 0.0441. The molecule has 0 saturated carbocycles. The molecule has 1 rings (SSSR count). The van der Waals surface area contributed by atoms with Crippen LogP contribution in [0.15, 0.2) is 0 Å². The van der Waals surface area contributed by atoms with Crippen molar-refractivity contribution in [3.8, 4) is 0 Å². The number of hydrogen-bond acceptors (Lipinski definition) is 3. The lowest BCUT2D eigenvalue weighted by Gasteiger charge is -2.22. The molecule has 14 heavy (non-hydrogen) atoms. The van der Waals surface area contributed by atoms with Gasteiger partial charge in [0, 0.05) is 12.5 Å². The van der Waals surface area contributed by atoms with Gasteiger partial charge in [0.05, 0.1) is 0 Å². The lowest BCUT2D eigenvalue weighted by Crippen LogP contribution is -2.24. The van der Waals surface area contributed by atoms with Gasteiger partial charge in [-0.15, -0.1) is 0 Å². The molecule has 1 aromatic rings. The second kappa shape index (κ2) is 3.08. The first kappa shape index (κ1) is 10.7. The number of imidazole rings is 1. The zero-order valence-corrected chi connectivity index (χ0v) is 9.16. The van der Waals surface area contributed by atoms with Crippen LogP contribution in [0.2, 0.25) is 0 Å². The van der Waals surface area contributed by atoms with E-state index in [4.69, 9.17) is 0 Å². The maximum absolute atomic E-state index is 10.6. The van der Waals surface area contributed by atoms with E-state index in [0.29, 0.717) is 11.5 Å². The predicted octanol–water partition coefficient (Wildman–Crippen LogP) is 2.16. The molecule has 0 saturated heterocycles. The van der Waals surface area contributed by atoms with E-state index in [0.717, 1.165) is 0 Å². The van der Waals surface area contributed by atoms with E-state index in [2.05, 4.69) is 4.98 Å². The van der Waals surface area contributed by atoms with Crippen molar-refractivity contribution in [1.29, 1.82) is 0 Å². The Morgan fingerprint density at radius 1 is 1.36 bits per heavy atom. The van der Waals surface area contributed by atoms with Crippen molar-refractivity contribution in [2.45, 2.75) is 40.2 Å². The van der Waals surface area contributed by atoms with Gasteiger partial charge >= 0.3 is 5.82 Å². The third-order valence-corrected chi connectivity index (χ3v) is 2.09. The van der Waals surface area contributed by atoms with Gasteiger partial charge in [-0.2, -0.15) is 0 Å². The average molecular weight is 197 g/mol. The van der Waals surface area contributed by atoms with E-state index in [1.807, 2.05) is 25.3 Å². The molecular formula is C9H15N3O2. The Morgan fingerprint density at radius 3 is 2.07 bits per heavy atom. The number of aromatic nitrogens is 2.